The molecule has 2 N–H and O–H groups in total. The molecule has 0 aliphatic carbocycles. The first-order valence-corrected chi connectivity index (χ1v) is 3.60. The number of halogens is 4. The second-order valence-corrected chi connectivity index (χ2v) is 3.02. The molecule has 0 aromatic carbocycles. The number of alkyl halides is 3. The van der Waals surface area contributed by atoms with Gasteiger partial charge in [-0.15, -0.1) is 12.4 Å². The third-order valence-electron chi connectivity index (χ3n) is 1.90. The fourth-order valence-corrected chi connectivity index (χ4v) is 0.679. The molecule has 0 fully saturated rings. The highest BCUT2D eigenvalue weighted by atomic mass is 35.5. The molecule has 0 bridgehead atoms. The number of rotatable bonds is 3. The Labute approximate surface area is 86.2 Å². The summed E-state index contributed by atoms with van der Waals surface area (Å²) in [5.74, 6) is -0.912. The van der Waals surface area contributed by atoms with Crippen LogP contribution in [0.3, 0.4) is 0 Å². The smallest absolute Gasteiger partial charge is 0.396 e. The van der Waals surface area contributed by atoms with Crippen LogP contribution in [0.4, 0.5) is 13.2 Å². The number of carbonyl (C=O) groups excluding carboxylic acids is 1. The number of hydrogen-bond acceptors (Lipinski definition) is 3. The van der Waals surface area contributed by atoms with E-state index in [1.807, 2.05) is 0 Å². The van der Waals surface area contributed by atoms with E-state index in [1.54, 1.807) is 0 Å². The molecule has 86 valence electrons. The topological polar surface area (TPSA) is 52.3 Å². The van der Waals surface area contributed by atoms with Gasteiger partial charge in [-0.1, -0.05) is 0 Å². The quantitative estimate of drug-likeness (QED) is 0.755. The minimum absolute atomic E-state index is 0. The van der Waals surface area contributed by atoms with Crippen molar-refractivity contribution >= 4 is 18.4 Å². The van der Waals surface area contributed by atoms with Gasteiger partial charge in [0.15, 0.2) is 0 Å². The Morgan fingerprint density at radius 1 is 1.43 bits per heavy atom. The fraction of sp³-hybridized carbons (Fsp3) is 0.857. The minimum Gasteiger partial charge on any atom is -0.469 e. The van der Waals surface area contributed by atoms with Crippen molar-refractivity contribution < 1.29 is 22.7 Å². The summed E-state index contributed by atoms with van der Waals surface area (Å²) in [6, 6.07) is 0. The number of hydrogen-bond donors (Lipinski definition) is 1. The molecule has 0 saturated carbocycles. The molecular formula is C7H13ClF3NO2. The van der Waals surface area contributed by atoms with Gasteiger partial charge in [0, 0.05) is 6.54 Å². The van der Waals surface area contributed by atoms with Crippen LogP contribution in [0.1, 0.15) is 13.3 Å². The van der Waals surface area contributed by atoms with Gasteiger partial charge in [-0.2, -0.15) is 13.2 Å². The lowest BCUT2D eigenvalue weighted by atomic mass is 9.86. The van der Waals surface area contributed by atoms with Crippen LogP contribution in [0, 0.1) is 5.41 Å². The Kier molecular flexibility index (Phi) is 6.16. The molecule has 0 aliphatic rings. The lowest BCUT2D eigenvalue weighted by Crippen LogP contribution is -2.43. The monoisotopic (exact) mass is 235 g/mol. The Morgan fingerprint density at radius 3 is 2.07 bits per heavy atom. The average Bonchev–Trinajstić information content (AvgIpc) is 2.02. The van der Waals surface area contributed by atoms with Crippen molar-refractivity contribution in [2.24, 2.45) is 11.1 Å². The molecule has 0 aromatic rings. The van der Waals surface area contributed by atoms with Gasteiger partial charge in [0.1, 0.15) is 0 Å². The predicted molar refractivity (Wildman–Crippen MR) is 47.1 cm³/mol. The second kappa shape index (κ2) is 5.41. The molecule has 0 saturated heterocycles. The van der Waals surface area contributed by atoms with Crippen LogP contribution in [0.25, 0.3) is 0 Å². The molecule has 3 nitrogen and oxygen atoms in total. The highest BCUT2D eigenvalue weighted by molar-refractivity contribution is 5.85. The van der Waals surface area contributed by atoms with Gasteiger partial charge in [0.2, 0.25) is 0 Å². The second-order valence-electron chi connectivity index (χ2n) is 3.02. The van der Waals surface area contributed by atoms with Crippen molar-refractivity contribution in [1.29, 1.82) is 0 Å². The lowest BCUT2D eigenvalue weighted by Gasteiger charge is -2.29. The Balaban J connectivity index is 0. The zero-order valence-electron chi connectivity index (χ0n) is 7.85. The van der Waals surface area contributed by atoms with Crippen LogP contribution in [0.15, 0.2) is 0 Å². The van der Waals surface area contributed by atoms with Crippen molar-refractivity contribution in [2.75, 3.05) is 13.7 Å². The number of ether oxygens (including phenoxy) is 1. The van der Waals surface area contributed by atoms with Gasteiger partial charge < -0.3 is 10.5 Å². The van der Waals surface area contributed by atoms with E-state index in [0.717, 1.165) is 14.0 Å². The van der Waals surface area contributed by atoms with Gasteiger partial charge in [0.05, 0.1) is 18.9 Å². The van der Waals surface area contributed by atoms with Gasteiger partial charge >= 0.3 is 12.1 Å². The Hall–Kier alpha value is -0.490. The van der Waals surface area contributed by atoms with Gasteiger partial charge in [0.25, 0.3) is 0 Å². The molecule has 14 heavy (non-hydrogen) atoms. The summed E-state index contributed by atoms with van der Waals surface area (Å²) in [5, 5.41) is 0. The minimum atomic E-state index is -4.49. The highest BCUT2D eigenvalue weighted by Gasteiger charge is 2.51. The highest BCUT2D eigenvalue weighted by Crippen LogP contribution is 2.39. The summed E-state index contributed by atoms with van der Waals surface area (Å²) in [5.41, 5.74) is 2.77. The molecule has 0 spiro atoms. The van der Waals surface area contributed by atoms with Gasteiger partial charge in [-0.25, -0.2) is 0 Å². The largest absolute Gasteiger partial charge is 0.469 e. The summed E-state index contributed by atoms with van der Waals surface area (Å²) in [6.07, 6.45) is -5.24. The van der Waals surface area contributed by atoms with Crippen molar-refractivity contribution in [3.05, 3.63) is 0 Å². The summed E-state index contributed by atoms with van der Waals surface area (Å²) in [7, 11) is 1.04. The molecule has 0 amide bonds. The molecule has 1 unspecified atom stereocenters. The third-order valence-corrected chi connectivity index (χ3v) is 1.90. The molecule has 0 aliphatic heterocycles. The molecule has 7 heteroatoms. The van der Waals surface area contributed by atoms with E-state index < -0.39 is 30.5 Å². The fourth-order valence-electron chi connectivity index (χ4n) is 0.679. The van der Waals surface area contributed by atoms with Crippen molar-refractivity contribution in [1.82, 2.24) is 0 Å². The van der Waals surface area contributed by atoms with Crippen LogP contribution >= 0.6 is 12.4 Å². The van der Waals surface area contributed by atoms with E-state index in [-0.39, 0.29) is 12.4 Å². The predicted octanol–water partition coefficient (Wildman–Crippen LogP) is 1.50. The average molecular weight is 236 g/mol. The summed E-state index contributed by atoms with van der Waals surface area (Å²) in [4.78, 5) is 10.7. The summed E-state index contributed by atoms with van der Waals surface area (Å²) in [6.45, 7) is 0.259. The van der Waals surface area contributed by atoms with E-state index in [2.05, 4.69) is 4.74 Å². The number of methoxy groups -OCH3 is 1. The van der Waals surface area contributed by atoms with E-state index in [4.69, 9.17) is 5.73 Å². The van der Waals surface area contributed by atoms with Crippen LogP contribution in [-0.2, 0) is 9.53 Å². The molecule has 0 aromatic heterocycles. The molecule has 0 rings (SSSR count). The SMILES string of the molecule is COC(=O)CC(C)(CN)C(F)(F)F.Cl. The third kappa shape index (κ3) is 3.71. The zero-order valence-corrected chi connectivity index (χ0v) is 8.67. The van der Waals surface area contributed by atoms with Crippen LogP contribution in [-0.4, -0.2) is 25.8 Å². The first-order valence-electron chi connectivity index (χ1n) is 3.60. The van der Waals surface area contributed by atoms with E-state index in [1.165, 1.54) is 0 Å². The van der Waals surface area contributed by atoms with Gasteiger partial charge in [-0.3, -0.25) is 4.79 Å². The number of carbonyl (C=O) groups is 1. The first-order chi connectivity index (χ1) is 5.77. The Morgan fingerprint density at radius 2 is 1.86 bits per heavy atom. The maximum atomic E-state index is 12.3. The van der Waals surface area contributed by atoms with Crippen LogP contribution in [0.2, 0.25) is 0 Å². The molecule has 1 atom stereocenters. The Bertz CT molecular complexity index is 198. The van der Waals surface area contributed by atoms with Crippen molar-refractivity contribution in [3.63, 3.8) is 0 Å². The maximum absolute atomic E-state index is 12.3. The van der Waals surface area contributed by atoms with Gasteiger partial charge in [-0.05, 0) is 6.92 Å². The first kappa shape index (κ1) is 16.0. The summed E-state index contributed by atoms with van der Waals surface area (Å²) >= 11 is 0. The zero-order chi connectivity index (χ0) is 10.7. The number of esters is 1. The van der Waals surface area contributed by atoms with E-state index in [9.17, 15) is 18.0 Å². The molecule has 0 radical (unpaired) electrons. The van der Waals surface area contributed by atoms with Crippen LogP contribution < -0.4 is 5.73 Å². The van der Waals surface area contributed by atoms with Crippen LogP contribution in [0.5, 0.6) is 0 Å². The maximum Gasteiger partial charge on any atom is 0.396 e. The molecule has 0 heterocycles. The number of nitrogens with two attached hydrogens (primary N) is 1. The van der Waals surface area contributed by atoms with Crippen molar-refractivity contribution in [3.8, 4) is 0 Å². The normalized spacial score (nSPS) is 15.3. The standard InChI is InChI=1S/C7H12F3NO2.ClH/c1-6(4-11,7(8,9)10)3-5(12)13-2;/h3-4,11H2,1-2H3;1H. The summed E-state index contributed by atoms with van der Waals surface area (Å²) < 4.78 is 41.1. The van der Waals surface area contributed by atoms with E-state index in [0.29, 0.717) is 0 Å². The lowest BCUT2D eigenvalue weighted by molar-refractivity contribution is -0.219. The van der Waals surface area contributed by atoms with E-state index >= 15 is 0 Å². The van der Waals surface area contributed by atoms with Crippen molar-refractivity contribution in [2.45, 2.75) is 19.5 Å². The molecular weight excluding hydrogens is 223 g/mol.